The number of nitrogens with zero attached hydrogens (tertiary/aromatic N) is 1. The minimum absolute atomic E-state index is 0.171. The molecule has 6 heteroatoms. The number of carbonyl (C=O) groups is 2. The van der Waals surface area contributed by atoms with Crippen LogP contribution in [0.4, 0.5) is 21.5 Å². The average molecular weight is 321 g/mol. The molecule has 3 aromatic rings. The largest absolute Gasteiger partial charge is 0.399 e. The second-order valence-corrected chi connectivity index (χ2v) is 5.63. The van der Waals surface area contributed by atoms with Gasteiger partial charge in [0.1, 0.15) is 5.82 Å². The van der Waals surface area contributed by atoms with Gasteiger partial charge in [-0.25, -0.2) is 9.29 Å². The van der Waals surface area contributed by atoms with Gasteiger partial charge in [-0.05, 0) is 41.8 Å². The number of rotatable bonds is 1. The van der Waals surface area contributed by atoms with Crippen LogP contribution < -0.4 is 16.4 Å². The molecule has 2 amide bonds. The van der Waals surface area contributed by atoms with Gasteiger partial charge in [-0.2, -0.15) is 0 Å². The van der Waals surface area contributed by atoms with E-state index in [0.717, 1.165) is 11.0 Å². The second-order valence-electron chi connectivity index (χ2n) is 5.63. The summed E-state index contributed by atoms with van der Waals surface area (Å²) in [5.41, 5.74) is 12.6. The summed E-state index contributed by atoms with van der Waals surface area (Å²) in [7, 11) is 0. The number of nitrogen functional groups attached to an aromatic ring is 2. The molecule has 24 heavy (non-hydrogen) atoms. The molecule has 0 aromatic heterocycles. The van der Waals surface area contributed by atoms with E-state index >= 15 is 0 Å². The number of hydrogen-bond donors (Lipinski definition) is 2. The Kier molecular flexibility index (Phi) is 2.83. The number of imide groups is 1. The quantitative estimate of drug-likeness (QED) is 0.532. The normalized spacial score (nSPS) is 13.6. The topological polar surface area (TPSA) is 89.4 Å². The van der Waals surface area contributed by atoms with Gasteiger partial charge >= 0.3 is 0 Å². The van der Waals surface area contributed by atoms with Gasteiger partial charge in [0.15, 0.2) is 0 Å². The van der Waals surface area contributed by atoms with Crippen molar-refractivity contribution in [2.24, 2.45) is 0 Å². The summed E-state index contributed by atoms with van der Waals surface area (Å²) in [6, 6.07) is 12.0. The van der Waals surface area contributed by atoms with E-state index in [2.05, 4.69) is 0 Å². The molecule has 3 aromatic carbocycles. The van der Waals surface area contributed by atoms with Crippen LogP contribution in [-0.4, -0.2) is 11.8 Å². The molecule has 1 aliphatic rings. The summed E-state index contributed by atoms with van der Waals surface area (Å²) >= 11 is 0. The lowest BCUT2D eigenvalue weighted by molar-refractivity contribution is 0.0892. The Bertz CT molecular complexity index is 1050. The molecule has 0 fully saturated rings. The van der Waals surface area contributed by atoms with Gasteiger partial charge in [0.25, 0.3) is 11.8 Å². The monoisotopic (exact) mass is 321 g/mol. The van der Waals surface area contributed by atoms with Crippen LogP contribution in [0, 0.1) is 5.82 Å². The Morgan fingerprint density at radius 2 is 1.58 bits per heavy atom. The van der Waals surface area contributed by atoms with Crippen LogP contribution in [0.3, 0.4) is 0 Å². The van der Waals surface area contributed by atoms with Crippen molar-refractivity contribution in [2.75, 3.05) is 16.4 Å². The van der Waals surface area contributed by atoms with Crippen LogP contribution >= 0.6 is 0 Å². The van der Waals surface area contributed by atoms with Crippen LogP contribution in [0.1, 0.15) is 20.7 Å². The summed E-state index contributed by atoms with van der Waals surface area (Å²) in [5.74, 6) is -1.92. The van der Waals surface area contributed by atoms with E-state index in [1.54, 1.807) is 24.3 Å². The van der Waals surface area contributed by atoms with Crippen molar-refractivity contribution < 1.29 is 14.0 Å². The number of hydrogen-bond acceptors (Lipinski definition) is 4. The van der Waals surface area contributed by atoms with Gasteiger partial charge in [0.05, 0.1) is 11.3 Å². The number of carbonyl (C=O) groups excluding carboxylic acids is 2. The van der Waals surface area contributed by atoms with Crippen molar-refractivity contribution in [1.82, 2.24) is 0 Å². The highest BCUT2D eigenvalue weighted by Gasteiger charge is 2.35. The third-order valence-corrected chi connectivity index (χ3v) is 4.08. The molecule has 0 radical (unpaired) electrons. The number of benzene rings is 3. The van der Waals surface area contributed by atoms with Crippen LogP contribution in [0.15, 0.2) is 48.5 Å². The molecule has 0 saturated heterocycles. The lowest BCUT2D eigenvalue weighted by atomic mass is 9.93. The van der Waals surface area contributed by atoms with E-state index in [1.807, 2.05) is 0 Å². The van der Waals surface area contributed by atoms with Crippen molar-refractivity contribution in [2.45, 2.75) is 0 Å². The van der Waals surface area contributed by atoms with Gasteiger partial charge in [-0.15, -0.1) is 0 Å². The van der Waals surface area contributed by atoms with E-state index < -0.39 is 17.6 Å². The van der Waals surface area contributed by atoms with Crippen molar-refractivity contribution in [3.05, 3.63) is 65.5 Å². The molecule has 0 spiro atoms. The van der Waals surface area contributed by atoms with Crippen molar-refractivity contribution >= 4 is 39.6 Å². The smallest absolute Gasteiger partial charge is 0.266 e. The summed E-state index contributed by atoms with van der Waals surface area (Å²) in [6.45, 7) is 0. The molecule has 0 saturated carbocycles. The number of amides is 2. The average Bonchev–Trinajstić information content (AvgIpc) is 2.55. The van der Waals surface area contributed by atoms with Crippen LogP contribution in [0.2, 0.25) is 0 Å². The molecule has 1 heterocycles. The molecule has 4 N–H and O–H groups in total. The van der Waals surface area contributed by atoms with Crippen LogP contribution in [0.25, 0.3) is 10.8 Å². The summed E-state index contributed by atoms with van der Waals surface area (Å²) in [5, 5.41) is 1.22. The van der Waals surface area contributed by atoms with Crippen LogP contribution in [-0.2, 0) is 0 Å². The minimum Gasteiger partial charge on any atom is -0.399 e. The molecule has 5 nitrogen and oxygen atoms in total. The summed E-state index contributed by atoms with van der Waals surface area (Å²) in [6.07, 6.45) is 0. The van der Waals surface area contributed by atoms with Gasteiger partial charge in [0.2, 0.25) is 0 Å². The standard InChI is InChI=1S/C18H12FN3O2/c19-14-5-4-10(20)8-15(14)22-17(23)12-3-1-2-9-6-11(21)7-13(16(9)12)18(22)24/h1-8H,20-21H2. The molecule has 0 aliphatic carbocycles. The van der Waals surface area contributed by atoms with Gasteiger partial charge in [-0.3, -0.25) is 9.59 Å². The highest BCUT2D eigenvalue weighted by molar-refractivity contribution is 6.36. The molecular weight excluding hydrogens is 309 g/mol. The fourth-order valence-corrected chi connectivity index (χ4v) is 3.05. The molecule has 118 valence electrons. The Hall–Kier alpha value is -3.41. The first-order valence-electron chi connectivity index (χ1n) is 7.23. The molecule has 0 unspecified atom stereocenters. The second kappa shape index (κ2) is 4.79. The maximum Gasteiger partial charge on any atom is 0.266 e. The van der Waals surface area contributed by atoms with Gasteiger partial charge < -0.3 is 11.5 Å². The third kappa shape index (κ3) is 1.86. The molecule has 0 atom stereocenters. The SMILES string of the molecule is Nc1ccc(F)c(N2C(=O)c3cccc4cc(N)cc(c34)C2=O)c1. The zero-order valence-corrected chi connectivity index (χ0v) is 12.4. The minimum atomic E-state index is -0.703. The number of nitrogens with two attached hydrogens (primary N) is 2. The first-order chi connectivity index (χ1) is 11.5. The zero-order chi connectivity index (χ0) is 17.0. The molecular formula is C18H12FN3O2. The van der Waals surface area contributed by atoms with E-state index in [9.17, 15) is 14.0 Å². The summed E-state index contributed by atoms with van der Waals surface area (Å²) in [4.78, 5) is 26.5. The van der Waals surface area contributed by atoms with Crippen molar-refractivity contribution in [3.63, 3.8) is 0 Å². The van der Waals surface area contributed by atoms with Crippen molar-refractivity contribution in [1.29, 1.82) is 0 Å². The number of anilines is 3. The first-order valence-corrected chi connectivity index (χ1v) is 7.23. The lowest BCUT2D eigenvalue weighted by Gasteiger charge is -2.27. The Morgan fingerprint density at radius 1 is 0.833 bits per heavy atom. The van der Waals surface area contributed by atoms with Gasteiger partial charge in [0, 0.05) is 22.3 Å². The van der Waals surface area contributed by atoms with E-state index in [-0.39, 0.29) is 16.9 Å². The number of halogens is 1. The maximum absolute atomic E-state index is 14.2. The highest BCUT2D eigenvalue weighted by Crippen LogP contribution is 2.35. The Balaban J connectivity index is 2.03. The molecule has 1 aliphatic heterocycles. The molecule has 0 bridgehead atoms. The lowest BCUT2D eigenvalue weighted by Crippen LogP contribution is -2.41. The predicted molar refractivity (Wildman–Crippen MR) is 90.3 cm³/mol. The van der Waals surface area contributed by atoms with E-state index in [0.29, 0.717) is 22.0 Å². The summed E-state index contributed by atoms with van der Waals surface area (Å²) < 4.78 is 14.2. The van der Waals surface area contributed by atoms with Crippen molar-refractivity contribution in [3.8, 4) is 0 Å². The fraction of sp³-hybridized carbons (Fsp3) is 0. The first kappa shape index (κ1) is 14.2. The Morgan fingerprint density at radius 3 is 2.38 bits per heavy atom. The van der Waals surface area contributed by atoms with E-state index in [1.165, 1.54) is 18.2 Å². The zero-order valence-electron chi connectivity index (χ0n) is 12.4. The fourth-order valence-electron chi connectivity index (χ4n) is 3.05. The van der Waals surface area contributed by atoms with Crippen LogP contribution in [0.5, 0.6) is 0 Å². The highest BCUT2D eigenvalue weighted by atomic mass is 19.1. The van der Waals surface area contributed by atoms with Gasteiger partial charge in [-0.1, -0.05) is 12.1 Å². The predicted octanol–water partition coefficient (Wildman–Crippen LogP) is 2.94. The van der Waals surface area contributed by atoms with E-state index in [4.69, 9.17) is 11.5 Å². The molecule has 4 rings (SSSR count). The third-order valence-electron chi connectivity index (χ3n) is 4.08. The maximum atomic E-state index is 14.2. The Labute approximate surface area is 136 Å².